The molecule has 0 saturated carbocycles. The summed E-state index contributed by atoms with van der Waals surface area (Å²) in [6.45, 7) is 0. The number of nitrogens with one attached hydrogen (secondary N) is 2. The van der Waals surface area contributed by atoms with Gasteiger partial charge < -0.3 is 4.98 Å². The van der Waals surface area contributed by atoms with Crippen LogP contribution in [-0.2, 0) is 0 Å². The minimum Gasteiger partial charge on any atom is -0.353 e. The van der Waals surface area contributed by atoms with E-state index >= 15 is 0 Å². The third-order valence-corrected chi connectivity index (χ3v) is 3.66. The summed E-state index contributed by atoms with van der Waals surface area (Å²) in [4.78, 5) is 7.92. The zero-order chi connectivity index (χ0) is 14.2. The number of fused-ring (bicyclic) bond motifs is 3. The van der Waals surface area contributed by atoms with Crippen molar-refractivity contribution >= 4 is 27.6 Å². The van der Waals surface area contributed by atoms with E-state index in [0.717, 1.165) is 33.1 Å². The number of benzene rings is 2. The van der Waals surface area contributed by atoms with Crippen molar-refractivity contribution in [2.45, 2.75) is 0 Å². The molecule has 21 heavy (non-hydrogen) atoms. The highest BCUT2D eigenvalue weighted by Crippen LogP contribution is 2.33. The molecule has 3 N–H and O–H groups in total. The Hall–Kier alpha value is -2.85. The Balaban J connectivity index is 2.14. The van der Waals surface area contributed by atoms with Crippen molar-refractivity contribution in [3.05, 3.63) is 60.7 Å². The lowest BCUT2D eigenvalue weighted by atomic mass is 10.1. The number of pyridine rings is 1. The Kier molecular flexibility index (Phi) is 2.62. The summed E-state index contributed by atoms with van der Waals surface area (Å²) in [6.07, 6.45) is 0. The fourth-order valence-electron chi connectivity index (χ4n) is 2.71. The topological polar surface area (TPSA) is 60.9 Å². The highest BCUT2D eigenvalue weighted by molar-refractivity contribution is 6.11. The first-order valence-electron chi connectivity index (χ1n) is 6.74. The first-order valence-corrected chi connectivity index (χ1v) is 6.74. The second-order valence-corrected chi connectivity index (χ2v) is 4.93. The lowest BCUT2D eigenvalue weighted by Crippen LogP contribution is -1.95. The van der Waals surface area contributed by atoms with Crippen molar-refractivity contribution in [2.75, 3.05) is 5.48 Å². The molecule has 4 rings (SSSR count). The van der Waals surface area contributed by atoms with Gasteiger partial charge in [0.2, 0.25) is 0 Å². The van der Waals surface area contributed by atoms with Gasteiger partial charge in [0.05, 0.1) is 11.2 Å². The molecule has 2 aromatic heterocycles. The third kappa shape index (κ3) is 1.85. The number of hydrogen-bond donors (Lipinski definition) is 3. The maximum absolute atomic E-state index is 9.26. The monoisotopic (exact) mass is 275 g/mol. The van der Waals surface area contributed by atoms with Crippen molar-refractivity contribution in [3.8, 4) is 11.3 Å². The van der Waals surface area contributed by atoms with Crippen LogP contribution in [0.4, 0.5) is 5.82 Å². The third-order valence-electron chi connectivity index (χ3n) is 3.66. The summed E-state index contributed by atoms with van der Waals surface area (Å²) in [6, 6.07) is 19.9. The van der Waals surface area contributed by atoms with E-state index in [-0.39, 0.29) is 0 Å². The number of H-pyrrole nitrogens is 1. The maximum atomic E-state index is 9.26. The molecule has 102 valence electrons. The zero-order valence-corrected chi connectivity index (χ0v) is 11.2. The molecule has 0 aliphatic carbocycles. The molecule has 4 heteroatoms. The van der Waals surface area contributed by atoms with Gasteiger partial charge in [-0.1, -0.05) is 48.5 Å². The number of para-hydroxylation sites is 1. The lowest BCUT2D eigenvalue weighted by Gasteiger charge is -2.06. The summed E-state index contributed by atoms with van der Waals surface area (Å²) in [5.74, 6) is 0.436. The standard InChI is InChI=1S/C17H13N3O/c21-20-15-10-13-12-8-4-5-9-14(12)18-17(13)16(19-15)11-6-2-1-3-7-11/h1-10,18,21H,(H,19,20). The normalized spacial score (nSPS) is 11.1. The molecule has 0 aliphatic rings. The van der Waals surface area contributed by atoms with Crippen LogP contribution < -0.4 is 5.48 Å². The average molecular weight is 275 g/mol. The molecular weight excluding hydrogens is 262 g/mol. The molecule has 0 aliphatic heterocycles. The van der Waals surface area contributed by atoms with Crippen molar-refractivity contribution < 1.29 is 5.21 Å². The molecule has 0 fully saturated rings. The molecule has 0 radical (unpaired) electrons. The number of rotatable bonds is 2. The fraction of sp³-hybridized carbons (Fsp3) is 0. The van der Waals surface area contributed by atoms with Crippen LogP contribution in [0.2, 0.25) is 0 Å². The van der Waals surface area contributed by atoms with E-state index in [1.807, 2.05) is 54.6 Å². The van der Waals surface area contributed by atoms with Crippen LogP contribution >= 0.6 is 0 Å². The van der Waals surface area contributed by atoms with E-state index in [1.54, 1.807) is 0 Å². The van der Waals surface area contributed by atoms with Crippen LogP contribution in [0.1, 0.15) is 0 Å². The van der Waals surface area contributed by atoms with Crippen LogP contribution in [0.25, 0.3) is 33.1 Å². The fourth-order valence-corrected chi connectivity index (χ4v) is 2.71. The van der Waals surface area contributed by atoms with E-state index in [1.165, 1.54) is 0 Å². The van der Waals surface area contributed by atoms with Crippen molar-refractivity contribution in [3.63, 3.8) is 0 Å². The van der Waals surface area contributed by atoms with E-state index in [2.05, 4.69) is 21.5 Å². The largest absolute Gasteiger partial charge is 0.353 e. The highest BCUT2D eigenvalue weighted by atomic mass is 16.5. The molecule has 4 nitrogen and oxygen atoms in total. The highest BCUT2D eigenvalue weighted by Gasteiger charge is 2.12. The minimum absolute atomic E-state index is 0.436. The molecule has 0 unspecified atom stereocenters. The van der Waals surface area contributed by atoms with Crippen LogP contribution in [-0.4, -0.2) is 15.2 Å². The lowest BCUT2D eigenvalue weighted by molar-refractivity contribution is 0.386. The van der Waals surface area contributed by atoms with Crippen LogP contribution in [0.15, 0.2) is 60.7 Å². The SMILES string of the molecule is ONc1cc2c([nH]c3ccccc32)c(-c2ccccc2)n1. The van der Waals surface area contributed by atoms with Crippen LogP contribution in [0.5, 0.6) is 0 Å². The summed E-state index contributed by atoms with van der Waals surface area (Å²) in [7, 11) is 0. The molecule has 0 atom stereocenters. The van der Waals surface area contributed by atoms with E-state index in [0.29, 0.717) is 5.82 Å². The molecule has 2 heterocycles. The van der Waals surface area contributed by atoms with Gasteiger partial charge in [0.15, 0.2) is 5.82 Å². The van der Waals surface area contributed by atoms with Crippen molar-refractivity contribution in [1.29, 1.82) is 0 Å². The quantitative estimate of drug-likeness (QED) is 0.481. The van der Waals surface area contributed by atoms with Gasteiger partial charge in [-0.25, -0.2) is 4.98 Å². The van der Waals surface area contributed by atoms with Gasteiger partial charge in [0.25, 0.3) is 0 Å². The number of nitrogens with zero attached hydrogens (tertiary/aromatic N) is 1. The van der Waals surface area contributed by atoms with E-state index < -0.39 is 0 Å². The minimum atomic E-state index is 0.436. The van der Waals surface area contributed by atoms with Crippen LogP contribution in [0.3, 0.4) is 0 Å². The summed E-state index contributed by atoms with van der Waals surface area (Å²) in [5, 5.41) is 11.4. The van der Waals surface area contributed by atoms with Gasteiger partial charge in [-0.2, -0.15) is 0 Å². The summed E-state index contributed by atoms with van der Waals surface area (Å²) < 4.78 is 0. The Labute approximate surface area is 121 Å². The number of anilines is 1. The van der Waals surface area contributed by atoms with Gasteiger partial charge in [-0.05, 0) is 12.1 Å². The van der Waals surface area contributed by atoms with Crippen LogP contribution in [0, 0.1) is 0 Å². The Bertz CT molecular complexity index is 929. The smallest absolute Gasteiger partial charge is 0.150 e. The van der Waals surface area contributed by atoms with Gasteiger partial charge in [0.1, 0.15) is 0 Å². The molecule has 2 aromatic carbocycles. The predicted octanol–water partition coefficient (Wildman–Crippen LogP) is 4.18. The molecule has 0 bridgehead atoms. The average Bonchev–Trinajstić information content (AvgIpc) is 2.93. The van der Waals surface area contributed by atoms with Crippen molar-refractivity contribution in [1.82, 2.24) is 9.97 Å². The second-order valence-electron chi connectivity index (χ2n) is 4.93. The molecule has 0 spiro atoms. The molecule has 0 amide bonds. The Morgan fingerprint density at radius 3 is 2.48 bits per heavy atom. The van der Waals surface area contributed by atoms with Gasteiger partial charge in [-0.15, -0.1) is 0 Å². The molecular formula is C17H13N3O. The van der Waals surface area contributed by atoms with E-state index in [4.69, 9.17) is 0 Å². The Morgan fingerprint density at radius 1 is 0.905 bits per heavy atom. The first-order chi connectivity index (χ1) is 10.4. The molecule has 0 saturated heterocycles. The Morgan fingerprint density at radius 2 is 1.67 bits per heavy atom. The van der Waals surface area contributed by atoms with Gasteiger partial charge in [0, 0.05) is 21.9 Å². The number of hydrogen-bond acceptors (Lipinski definition) is 3. The van der Waals surface area contributed by atoms with Gasteiger partial charge in [-0.3, -0.25) is 10.7 Å². The van der Waals surface area contributed by atoms with E-state index in [9.17, 15) is 5.21 Å². The van der Waals surface area contributed by atoms with Crippen molar-refractivity contribution in [2.24, 2.45) is 0 Å². The van der Waals surface area contributed by atoms with Gasteiger partial charge >= 0.3 is 0 Å². The maximum Gasteiger partial charge on any atom is 0.150 e. The summed E-state index contributed by atoms with van der Waals surface area (Å²) in [5.41, 5.74) is 6.02. The summed E-state index contributed by atoms with van der Waals surface area (Å²) >= 11 is 0. The first kappa shape index (κ1) is 11.9. The molecule has 4 aromatic rings. The zero-order valence-electron chi connectivity index (χ0n) is 11.2. The second kappa shape index (κ2) is 4.61. The number of aromatic amines is 1. The predicted molar refractivity (Wildman–Crippen MR) is 84.4 cm³/mol. The number of aromatic nitrogens is 2.